The van der Waals surface area contributed by atoms with Crippen molar-refractivity contribution in [2.45, 2.75) is 25.8 Å². The van der Waals surface area contributed by atoms with Crippen LogP contribution in [0.5, 0.6) is 0 Å². The number of pyridine rings is 1. The summed E-state index contributed by atoms with van der Waals surface area (Å²) in [5, 5.41) is 15.1. The molecule has 1 atom stereocenters. The van der Waals surface area contributed by atoms with Crippen LogP contribution in [0.4, 0.5) is 0 Å². The monoisotopic (exact) mass is 299 g/mol. The smallest absolute Gasteiger partial charge is 0.244 e. The minimum absolute atomic E-state index is 0.0726. The van der Waals surface area contributed by atoms with E-state index in [4.69, 9.17) is 0 Å². The summed E-state index contributed by atoms with van der Waals surface area (Å²) in [5.74, 6) is 0.825. The van der Waals surface area contributed by atoms with Crippen LogP contribution in [-0.2, 0) is 11.2 Å². The first-order valence-electron chi connectivity index (χ1n) is 7.16. The van der Waals surface area contributed by atoms with E-state index in [-0.39, 0.29) is 11.9 Å². The van der Waals surface area contributed by atoms with Crippen LogP contribution < -0.4 is 5.32 Å². The second kappa shape index (κ2) is 6.33. The van der Waals surface area contributed by atoms with Crippen LogP contribution in [0, 0.1) is 0 Å². The molecule has 0 spiro atoms. The lowest BCUT2D eigenvalue weighted by Crippen LogP contribution is -2.32. The Morgan fingerprint density at radius 1 is 1.36 bits per heavy atom. The molecular formula is C14H17N7O. The van der Waals surface area contributed by atoms with Gasteiger partial charge in [0.1, 0.15) is 24.5 Å². The van der Waals surface area contributed by atoms with Gasteiger partial charge in [-0.3, -0.25) is 9.20 Å². The number of amides is 1. The molecule has 8 nitrogen and oxygen atoms in total. The molecule has 0 aliphatic heterocycles. The van der Waals surface area contributed by atoms with Crippen LogP contribution >= 0.6 is 0 Å². The highest BCUT2D eigenvalue weighted by atomic mass is 16.2. The highest BCUT2D eigenvalue weighted by Crippen LogP contribution is 2.05. The zero-order valence-corrected chi connectivity index (χ0v) is 12.3. The molecular weight excluding hydrogens is 282 g/mol. The predicted molar refractivity (Wildman–Crippen MR) is 79.1 cm³/mol. The van der Waals surface area contributed by atoms with Crippen molar-refractivity contribution in [3.05, 3.63) is 42.9 Å². The Morgan fingerprint density at radius 3 is 3.09 bits per heavy atom. The predicted octanol–water partition coefficient (Wildman–Crippen LogP) is 0.631. The van der Waals surface area contributed by atoms with Gasteiger partial charge < -0.3 is 5.32 Å². The molecule has 8 heteroatoms. The van der Waals surface area contributed by atoms with E-state index < -0.39 is 0 Å². The molecule has 3 aromatic rings. The Bertz CT molecular complexity index is 749. The van der Waals surface area contributed by atoms with Gasteiger partial charge in [-0.1, -0.05) is 6.07 Å². The topological polar surface area (TPSA) is 90.0 Å². The van der Waals surface area contributed by atoms with Gasteiger partial charge in [-0.2, -0.15) is 5.10 Å². The van der Waals surface area contributed by atoms with Crippen LogP contribution in [-0.4, -0.2) is 41.8 Å². The Hall–Kier alpha value is -2.77. The Morgan fingerprint density at radius 2 is 2.27 bits per heavy atom. The first kappa shape index (κ1) is 14.2. The average molecular weight is 299 g/mol. The SMILES string of the molecule is C[C@@H](C(=O)NCCCc1nnc2ccccn12)n1cncn1. The quantitative estimate of drug-likeness (QED) is 0.674. The molecule has 0 aliphatic rings. The van der Waals surface area contributed by atoms with Crippen LogP contribution in [0.15, 0.2) is 37.1 Å². The highest BCUT2D eigenvalue weighted by Gasteiger charge is 2.14. The minimum Gasteiger partial charge on any atom is -0.354 e. The third-order valence-corrected chi connectivity index (χ3v) is 3.47. The normalized spacial score (nSPS) is 12.4. The number of aryl methyl sites for hydroxylation is 1. The first-order valence-corrected chi connectivity index (χ1v) is 7.16. The molecule has 0 saturated heterocycles. The lowest BCUT2D eigenvalue weighted by molar-refractivity contribution is -0.124. The number of aromatic nitrogens is 6. The van der Waals surface area contributed by atoms with E-state index in [2.05, 4.69) is 25.6 Å². The molecule has 22 heavy (non-hydrogen) atoms. The maximum absolute atomic E-state index is 12.0. The van der Waals surface area contributed by atoms with E-state index in [9.17, 15) is 4.79 Å². The van der Waals surface area contributed by atoms with Crippen LogP contribution in [0.25, 0.3) is 5.65 Å². The van der Waals surface area contributed by atoms with E-state index >= 15 is 0 Å². The highest BCUT2D eigenvalue weighted by molar-refractivity contribution is 5.79. The number of hydrogen-bond acceptors (Lipinski definition) is 5. The number of carbonyl (C=O) groups excluding carboxylic acids is 1. The fraction of sp³-hybridized carbons (Fsp3) is 0.357. The fourth-order valence-electron chi connectivity index (χ4n) is 2.20. The summed E-state index contributed by atoms with van der Waals surface area (Å²) in [6.07, 6.45) is 6.44. The molecule has 0 unspecified atom stereocenters. The number of hydrogen-bond donors (Lipinski definition) is 1. The number of fused-ring (bicyclic) bond motifs is 1. The maximum Gasteiger partial charge on any atom is 0.244 e. The third kappa shape index (κ3) is 2.95. The largest absolute Gasteiger partial charge is 0.354 e. The second-order valence-corrected chi connectivity index (χ2v) is 4.99. The Balaban J connectivity index is 1.48. The number of rotatable bonds is 6. The summed E-state index contributed by atoms with van der Waals surface area (Å²) in [6, 6.07) is 5.43. The van der Waals surface area contributed by atoms with Gasteiger partial charge in [0.25, 0.3) is 0 Å². The van der Waals surface area contributed by atoms with Gasteiger partial charge in [0.2, 0.25) is 5.91 Å². The third-order valence-electron chi connectivity index (χ3n) is 3.47. The van der Waals surface area contributed by atoms with Crippen molar-refractivity contribution < 1.29 is 4.79 Å². The van der Waals surface area contributed by atoms with E-state index in [1.165, 1.54) is 17.3 Å². The summed E-state index contributed by atoms with van der Waals surface area (Å²) in [5.41, 5.74) is 0.835. The summed E-state index contributed by atoms with van der Waals surface area (Å²) in [6.45, 7) is 2.37. The standard InChI is InChI=1S/C14H17N7O/c1-11(21-10-15-9-17-21)14(22)16-7-4-6-13-19-18-12-5-2-3-8-20(12)13/h2-3,5,8-11H,4,6-7H2,1H3,(H,16,22)/t11-/m0/s1. The van der Waals surface area contributed by atoms with Gasteiger partial charge in [0, 0.05) is 19.2 Å². The average Bonchev–Trinajstić information content (AvgIpc) is 3.20. The molecule has 0 aromatic carbocycles. The van der Waals surface area contributed by atoms with Gasteiger partial charge in [-0.05, 0) is 25.5 Å². The zero-order chi connectivity index (χ0) is 15.4. The summed E-state index contributed by atoms with van der Waals surface area (Å²) in [7, 11) is 0. The maximum atomic E-state index is 12.0. The molecule has 1 amide bonds. The zero-order valence-electron chi connectivity index (χ0n) is 12.3. The van der Waals surface area contributed by atoms with Crippen molar-refractivity contribution in [1.29, 1.82) is 0 Å². The molecule has 0 fully saturated rings. The molecule has 3 aromatic heterocycles. The van der Waals surface area contributed by atoms with E-state index in [1.54, 1.807) is 6.92 Å². The molecule has 0 radical (unpaired) electrons. The number of nitrogens with one attached hydrogen (secondary N) is 1. The van der Waals surface area contributed by atoms with E-state index in [0.717, 1.165) is 24.3 Å². The molecule has 1 N–H and O–H groups in total. The van der Waals surface area contributed by atoms with Crippen molar-refractivity contribution in [2.75, 3.05) is 6.54 Å². The number of carbonyl (C=O) groups is 1. The van der Waals surface area contributed by atoms with Gasteiger partial charge in [0.15, 0.2) is 5.65 Å². The van der Waals surface area contributed by atoms with Crippen LogP contribution in [0.2, 0.25) is 0 Å². The van der Waals surface area contributed by atoms with Crippen LogP contribution in [0.3, 0.4) is 0 Å². The fourth-order valence-corrected chi connectivity index (χ4v) is 2.20. The van der Waals surface area contributed by atoms with Crippen molar-refractivity contribution in [3.8, 4) is 0 Å². The van der Waals surface area contributed by atoms with E-state index in [1.807, 2.05) is 28.8 Å². The van der Waals surface area contributed by atoms with Crippen molar-refractivity contribution in [3.63, 3.8) is 0 Å². The molecule has 0 bridgehead atoms. The Kier molecular flexibility index (Phi) is 4.08. The summed E-state index contributed by atoms with van der Waals surface area (Å²) >= 11 is 0. The summed E-state index contributed by atoms with van der Waals surface area (Å²) < 4.78 is 3.49. The van der Waals surface area contributed by atoms with Gasteiger partial charge in [0.05, 0.1) is 0 Å². The van der Waals surface area contributed by atoms with Crippen molar-refractivity contribution in [2.24, 2.45) is 0 Å². The number of nitrogens with zero attached hydrogens (tertiary/aromatic N) is 6. The molecule has 3 rings (SSSR count). The van der Waals surface area contributed by atoms with Gasteiger partial charge >= 0.3 is 0 Å². The Labute approximate surface area is 127 Å². The summed E-state index contributed by atoms with van der Waals surface area (Å²) in [4.78, 5) is 15.8. The minimum atomic E-state index is -0.364. The lowest BCUT2D eigenvalue weighted by Gasteiger charge is -2.11. The van der Waals surface area contributed by atoms with Gasteiger partial charge in [-0.25, -0.2) is 9.67 Å². The molecule has 0 aliphatic carbocycles. The lowest BCUT2D eigenvalue weighted by atomic mass is 10.2. The van der Waals surface area contributed by atoms with Gasteiger partial charge in [-0.15, -0.1) is 10.2 Å². The first-order chi connectivity index (χ1) is 10.8. The molecule has 0 saturated carbocycles. The van der Waals surface area contributed by atoms with Crippen molar-refractivity contribution in [1.82, 2.24) is 34.7 Å². The molecule has 114 valence electrons. The van der Waals surface area contributed by atoms with E-state index in [0.29, 0.717) is 6.54 Å². The second-order valence-electron chi connectivity index (χ2n) is 4.99. The van der Waals surface area contributed by atoms with Crippen molar-refractivity contribution >= 4 is 11.6 Å². The van der Waals surface area contributed by atoms with Crippen LogP contribution in [0.1, 0.15) is 25.2 Å². The molecule has 3 heterocycles.